The summed E-state index contributed by atoms with van der Waals surface area (Å²) in [5.74, 6) is -0.0609. The van der Waals surface area contributed by atoms with E-state index in [4.69, 9.17) is 0 Å². The van der Waals surface area contributed by atoms with Crippen LogP contribution >= 0.6 is 0 Å². The molecule has 1 aliphatic rings. The van der Waals surface area contributed by atoms with E-state index in [-0.39, 0.29) is 17.6 Å². The Labute approximate surface area is 97.4 Å². The maximum absolute atomic E-state index is 11.8. The summed E-state index contributed by atoms with van der Waals surface area (Å²) in [5, 5.41) is 2.87. The molecule has 0 aliphatic carbocycles. The van der Waals surface area contributed by atoms with Gasteiger partial charge in [0.2, 0.25) is 5.91 Å². The van der Waals surface area contributed by atoms with Crippen molar-refractivity contribution in [1.29, 1.82) is 0 Å². The van der Waals surface area contributed by atoms with E-state index >= 15 is 0 Å². The molecule has 88 valence electrons. The first kappa shape index (κ1) is 10.1. The largest absolute Gasteiger partial charge is 0.351 e. The van der Waals surface area contributed by atoms with Crippen molar-refractivity contribution < 1.29 is 4.79 Å². The molecule has 1 unspecified atom stereocenters. The number of hydrogen-bond donors (Lipinski definition) is 2. The first-order valence-corrected chi connectivity index (χ1v) is 5.62. The molecular weight excluding hydrogens is 218 g/mol. The smallest absolute Gasteiger partial charge is 0.326 e. The fourth-order valence-electron chi connectivity index (χ4n) is 2.57. The number of carbonyl (C=O) groups excluding carboxylic acids is 1. The second kappa shape index (κ2) is 3.48. The number of rotatable bonds is 1. The van der Waals surface area contributed by atoms with Crippen LogP contribution in [0.1, 0.15) is 12.5 Å². The average Bonchev–Trinajstić information content (AvgIpc) is 2.57. The molecule has 0 radical (unpaired) electrons. The third-order valence-corrected chi connectivity index (χ3v) is 3.15. The lowest BCUT2D eigenvalue weighted by molar-refractivity contribution is -0.119. The van der Waals surface area contributed by atoms with Crippen LogP contribution in [-0.4, -0.2) is 21.5 Å². The Hall–Kier alpha value is -2.04. The number of amides is 1. The van der Waals surface area contributed by atoms with Crippen LogP contribution in [0.5, 0.6) is 0 Å². The van der Waals surface area contributed by atoms with Gasteiger partial charge in [-0.25, -0.2) is 4.79 Å². The summed E-state index contributed by atoms with van der Waals surface area (Å²) in [5.41, 5.74) is 2.83. The lowest BCUT2D eigenvalue weighted by Gasteiger charge is -2.24. The van der Waals surface area contributed by atoms with E-state index in [2.05, 4.69) is 10.3 Å². The summed E-state index contributed by atoms with van der Waals surface area (Å²) >= 11 is 0. The second-order valence-electron chi connectivity index (χ2n) is 4.46. The molecule has 2 heterocycles. The summed E-state index contributed by atoms with van der Waals surface area (Å²) in [7, 11) is 0. The molecule has 0 saturated heterocycles. The topological polar surface area (TPSA) is 66.9 Å². The van der Waals surface area contributed by atoms with Crippen molar-refractivity contribution in [1.82, 2.24) is 14.9 Å². The molecule has 5 nitrogen and oxygen atoms in total. The summed E-state index contributed by atoms with van der Waals surface area (Å²) < 4.78 is 1.70. The summed E-state index contributed by atoms with van der Waals surface area (Å²) in [4.78, 5) is 25.7. The van der Waals surface area contributed by atoms with E-state index in [1.165, 1.54) is 6.92 Å². The highest BCUT2D eigenvalue weighted by atomic mass is 16.2. The van der Waals surface area contributed by atoms with E-state index in [0.29, 0.717) is 6.54 Å². The number of para-hydroxylation sites is 1. The van der Waals surface area contributed by atoms with Gasteiger partial charge < -0.3 is 10.3 Å². The lowest BCUT2D eigenvalue weighted by atomic mass is 10.0. The Morgan fingerprint density at radius 1 is 1.53 bits per heavy atom. The molecule has 0 bridgehead atoms. The minimum absolute atomic E-state index is 0.000833. The van der Waals surface area contributed by atoms with Crippen molar-refractivity contribution in [2.75, 3.05) is 0 Å². The van der Waals surface area contributed by atoms with Crippen LogP contribution in [0.3, 0.4) is 0 Å². The molecule has 5 heteroatoms. The van der Waals surface area contributed by atoms with Gasteiger partial charge in [-0.3, -0.25) is 9.36 Å². The minimum atomic E-state index is -0.109. The van der Waals surface area contributed by atoms with Gasteiger partial charge in [0, 0.05) is 13.5 Å². The normalized spacial score (nSPS) is 18.3. The first-order chi connectivity index (χ1) is 8.15. The van der Waals surface area contributed by atoms with E-state index in [1.54, 1.807) is 4.57 Å². The van der Waals surface area contributed by atoms with E-state index in [1.807, 2.05) is 18.2 Å². The number of carbonyl (C=O) groups is 1. The van der Waals surface area contributed by atoms with Gasteiger partial charge in [-0.05, 0) is 18.1 Å². The van der Waals surface area contributed by atoms with Gasteiger partial charge in [0.05, 0.1) is 17.1 Å². The van der Waals surface area contributed by atoms with Crippen molar-refractivity contribution in [3.63, 3.8) is 0 Å². The molecule has 0 saturated carbocycles. The first-order valence-electron chi connectivity index (χ1n) is 5.62. The minimum Gasteiger partial charge on any atom is -0.351 e. The number of nitrogens with one attached hydrogen (secondary N) is 2. The zero-order chi connectivity index (χ0) is 12.0. The van der Waals surface area contributed by atoms with Crippen LogP contribution in [-0.2, 0) is 17.8 Å². The highest BCUT2D eigenvalue weighted by molar-refractivity contribution is 5.80. The molecule has 17 heavy (non-hydrogen) atoms. The Morgan fingerprint density at radius 3 is 3.12 bits per heavy atom. The second-order valence-corrected chi connectivity index (χ2v) is 4.46. The van der Waals surface area contributed by atoms with Gasteiger partial charge in [-0.15, -0.1) is 0 Å². The Morgan fingerprint density at radius 2 is 2.35 bits per heavy atom. The molecule has 2 N–H and O–H groups in total. The molecule has 2 aromatic rings. The Balaban J connectivity index is 2.12. The van der Waals surface area contributed by atoms with Crippen LogP contribution in [0.2, 0.25) is 0 Å². The highest BCUT2D eigenvalue weighted by Gasteiger charge is 2.22. The zero-order valence-electron chi connectivity index (χ0n) is 9.49. The van der Waals surface area contributed by atoms with E-state index < -0.39 is 0 Å². The maximum Gasteiger partial charge on any atom is 0.326 e. The van der Waals surface area contributed by atoms with Crippen molar-refractivity contribution in [2.24, 2.45) is 0 Å². The third kappa shape index (κ3) is 1.54. The Bertz CT molecular complexity index is 653. The predicted molar refractivity (Wildman–Crippen MR) is 63.9 cm³/mol. The maximum atomic E-state index is 11.8. The standard InChI is InChI=1S/C12H13N3O2/c1-7(16)13-9-5-8-3-2-4-10-11(8)15(6-9)12(17)14-10/h2-4,9H,5-6H2,1H3,(H,13,16)(H,14,17). The van der Waals surface area contributed by atoms with Crippen LogP contribution in [0.4, 0.5) is 0 Å². The quantitative estimate of drug-likeness (QED) is 0.745. The Kier molecular flexibility index (Phi) is 2.07. The summed E-state index contributed by atoms with van der Waals surface area (Å²) in [6.07, 6.45) is 0.772. The molecule has 1 aromatic carbocycles. The molecule has 1 aromatic heterocycles. The fourth-order valence-corrected chi connectivity index (χ4v) is 2.57. The molecule has 3 rings (SSSR count). The number of hydrogen-bond acceptors (Lipinski definition) is 2. The van der Waals surface area contributed by atoms with Crippen molar-refractivity contribution in [3.8, 4) is 0 Å². The fraction of sp³-hybridized carbons (Fsp3) is 0.333. The number of imidazole rings is 1. The molecule has 1 atom stereocenters. The number of benzene rings is 1. The lowest BCUT2D eigenvalue weighted by Crippen LogP contribution is -2.42. The SMILES string of the molecule is CC(=O)NC1Cc2cccc3[nH]c(=O)n(c23)C1. The zero-order valence-corrected chi connectivity index (χ0v) is 9.49. The number of aromatic nitrogens is 2. The van der Waals surface area contributed by atoms with E-state index in [0.717, 1.165) is 23.0 Å². The molecular formula is C12H13N3O2. The van der Waals surface area contributed by atoms with Crippen molar-refractivity contribution in [2.45, 2.75) is 25.9 Å². The van der Waals surface area contributed by atoms with Crippen molar-refractivity contribution in [3.05, 3.63) is 34.2 Å². The molecule has 0 spiro atoms. The summed E-state index contributed by atoms with van der Waals surface area (Å²) in [6, 6.07) is 5.82. The van der Waals surface area contributed by atoms with Gasteiger partial charge in [0.15, 0.2) is 0 Å². The predicted octanol–water partition coefficient (Wildman–Crippen LogP) is 0.390. The number of aromatic amines is 1. The van der Waals surface area contributed by atoms with Crippen LogP contribution in [0, 0.1) is 0 Å². The van der Waals surface area contributed by atoms with Gasteiger partial charge in [0.1, 0.15) is 0 Å². The van der Waals surface area contributed by atoms with Crippen molar-refractivity contribution >= 4 is 16.9 Å². The average molecular weight is 231 g/mol. The van der Waals surface area contributed by atoms with E-state index in [9.17, 15) is 9.59 Å². The van der Waals surface area contributed by atoms with Crippen LogP contribution in [0.15, 0.2) is 23.0 Å². The van der Waals surface area contributed by atoms with Crippen LogP contribution in [0.25, 0.3) is 11.0 Å². The monoisotopic (exact) mass is 231 g/mol. The number of H-pyrrole nitrogens is 1. The molecule has 1 amide bonds. The molecule has 1 aliphatic heterocycles. The van der Waals surface area contributed by atoms with Gasteiger partial charge in [-0.1, -0.05) is 12.1 Å². The number of nitrogens with zero attached hydrogens (tertiary/aromatic N) is 1. The van der Waals surface area contributed by atoms with Gasteiger partial charge in [0.25, 0.3) is 0 Å². The highest BCUT2D eigenvalue weighted by Crippen LogP contribution is 2.22. The third-order valence-electron chi connectivity index (χ3n) is 3.15. The molecule has 0 fully saturated rings. The van der Waals surface area contributed by atoms with Crippen LogP contribution < -0.4 is 11.0 Å². The van der Waals surface area contributed by atoms with Gasteiger partial charge in [-0.2, -0.15) is 0 Å². The summed E-state index contributed by atoms with van der Waals surface area (Å²) in [6.45, 7) is 2.03. The van der Waals surface area contributed by atoms with Gasteiger partial charge >= 0.3 is 5.69 Å².